The first-order valence-electron chi connectivity index (χ1n) is 12.1. The van der Waals surface area contributed by atoms with E-state index in [2.05, 4.69) is 42.6 Å². The molecule has 4 heterocycles. The molecule has 1 aliphatic rings. The van der Waals surface area contributed by atoms with Gasteiger partial charge in [0.2, 0.25) is 0 Å². The number of piperazine rings is 1. The summed E-state index contributed by atoms with van der Waals surface area (Å²) in [6, 6.07) is 16.1. The predicted octanol–water partition coefficient (Wildman–Crippen LogP) is 5.65. The van der Waals surface area contributed by atoms with Gasteiger partial charge in [-0.05, 0) is 35.6 Å². The number of nitrogens with zero attached hydrogens (tertiary/aromatic N) is 4. The second-order valence-electron chi connectivity index (χ2n) is 8.92. The average Bonchev–Trinajstić information content (AvgIpc) is 3.42. The van der Waals surface area contributed by atoms with Crippen molar-refractivity contribution in [3.8, 4) is 11.1 Å². The van der Waals surface area contributed by atoms with Gasteiger partial charge in [-0.15, -0.1) is 11.3 Å². The number of hydrogen-bond acceptors (Lipinski definition) is 6. The molecule has 4 aromatic rings. The van der Waals surface area contributed by atoms with E-state index in [1.165, 1.54) is 10.9 Å². The van der Waals surface area contributed by atoms with Gasteiger partial charge >= 0.3 is 6.18 Å². The molecule has 0 aliphatic carbocycles. The molecule has 5 rings (SSSR count). The van der Waals surface area contributed by atoms with Crippen LogP contribution in [-0.2, 0) is 12.6 Å². The molecule has 1 saturated heterocycles. The number of aromatic nitrogens is 2. The van der Waals surface area contributed by atoms with E-state index in [9.17, 15) is 13.2 Å². The largest absolute Gasteiger partial charge is 0.433 e. The Hall–Kier alpha value is -3.01. The maximum Gasteiger partial charge on any atom is 0.433 e. The minimum Gasteiger partial charge on any atom is -0.368 e. The highest BCUT2D eigenvalue weighted by Gasteiger charge is 2.33. The van der Waals surface area contributed by atoms with Gasteiger partial charge in [0, 0.05) is 67.8 Å². The molecule has 0 unspecified atom stereocenters. The summed E-state index contributed by atoms with van der Waals surface area (Å²) in [5, 5.41) is 6.05. The number of rotatable bonds is 8. The molecule has 0 radical (unpaired) electrons. The van der Waals surface area contributed by atoms with Crippen molar-refractivity contribution in [1.82, 2.24) is 19.8 Å². The first kappa shape index (κ1) is 24.7. The Morgan fingerprint density at radius 1 is 0.889 bits per heavy atom. The molecule has 1 fully saturated rings. The first-order chi connectivity index (χ1) is 17.5. The number of pyridine rings is 2. The minimum absolute atomic E-state index is 0.299. The van der Waals surface area contributed by atoms with E-state index in [0.717, 1.165) is 57.3 Å². The summed E-state index contributed by atoms with van der Waals surface area (Å²) in [5.74, 6) is 0.556. The van der Waals surface area contributed by atoms with Gasteiger partial charge in [0.25, 0.3) is 0 Å². The number of thiophene rings is 1. The second kappa shape index (κ2) is 10.9. The second-order valence-corrected chi connectivity index (χ2v) is 9.95. The third-order valence-electron chi connectivity index (χ3n) is 6.54. The van der Waals surface area contributed by atoms with E-state index in [4.69, 9.17) is 0 Å². The summed E-state index contributed by atoms with van der Waals surface area (Å²) in [4.78, 5) is 14.9. The Balaban J connectivity index is 1.23. The van der Waals surface area contributed by atoms with Gasteiger partial charge in [0.05, 0.1) is 5.52 Å². The molecule has 3 aromatic heterocycles. The van der Waals surface area contributed by atoms with E-state index in [1.807, 2.05) is 41.7 Å². The van der Waals surface area contributed by atoms with Crippen LogP contribution < -0.4 is 5.32 Å². The van der Waals surface area contributed by atoms with Gasteiger partial charge in [-0.25, -0.2) is 9.97 Å². The lowest BCUT2D eigenvalue weighted by molar-refractivity contribution is -0.140. The summed E-state index contributed by atoms with van der Waals surface area (Å²) in [5.41, 5.74) is 0.764. The molecule has 5 nitrogen and oxygen atoms in total. The van der Waals surface area contributed by atoms with Gasteiger partial charge in [-0.2, -0.15) is 13.2 Å². The molecule has 9 heteroatoms. The van der Waals surface area contributed by atoms with Crippen LogP contribution in [0.25, 0.3) is 22.0 Å². The van der Waals surface area contributed by atoms with Gasteiger partial charge in [0.15, 0.2) is 0 Å². The average molecular weight is 512 g/mol. The smallest absolute Gasteiger partial charge is 0.368 e. The van der Waals surface area contributed by atoms with Crippen LogP contribution >= 0.6 is 11.3 Å². The fourth-order valence-corrected chi connectivity index (χ4v) is 5.23. The predicted molar refractivity (Wildman–Crippen MR) is 139 cm³/mol. The van der Waals surface area contributed by atoms with Gasteiger partial charge in [-0.3, -0.25) is 4.90 Å². The summed E-state index contributed by atoms with van der Waals surface area (Å²) in [6.07, 6.45) is -1.80. The molecule has 0 saturated carbocycles. The minimum atomic E-state index is -4.51. The Labute approximate surface area is 212 Å². The number of nitrogens with one attached hydrogen (secondary N) is 1. The Morgan fingerprint density at radius 3 is 2.33 bits per heavy atom. The summed E-state index contributed by atoms with van der Waals surface area (Å²) in [6.45, 7) is 6.68. The SMILES string of the molecule is FC(F)(F)c1ccc2c(NCCN3CCN(CCc4cccs4)CC3)ncc(-c3ccccc3)c2n1. The van der Waals surface area contributed by atoms with Crippen molar-refractivity contribution in [1.29, 1.82) is 0 Å². The van der Waals surface area contributed by atoms with Crippen LogP contribution in [-0.4, -0.2) is 65.6 Å². The van der Waals surface area contributed by atoms with E-state index in [-0.39, 0.29) is 0 Å². The highest BCUT2D eigenvalue weighted by Crippen LogP contribution is 2.34. The van der Waals surface area contributed by atoms with Crippen LogP contribution in [0.3, 0.4) is 0 Å². The van der Waals surface area contributed by atoms with Crippen molar-refractivity contribution >= 4 is 28.1 Å². The molecule has 1 aromatic carbocycles. The van der Waals surface area contributed by atoms with Crippen molar-refractivity contribution in [3.05, 3.63) is 76.7 Å². The third kappa shape index (κ3) is 5.86. The van der Waals surface area contributed by atoms with Crippen LogP contribution in [0.2, 0.25) is 0 Å². The van der Waals surface area contributed by atoms with Crippen molar-refractivity contribution in [2.75, 3.05) is 51.1 Å². The number of alkyl halides is 3. The first-order valence-corrected chi connectivity index (χ1v) is 13.0. The van der Waals surface area contributed by atoms with Crippen molar-refractivity contribution in [3.63, 3.8) is 0 Å². The van der Waals surface area contributed by atoms with E-state index in [0.29, 0.717) is 28.8 Å². The normalized spacial score (nSPS) is 15.4. The Kier molecular flexibility index (Phi) is 7.50. The zero-order chi connectivity index (χ0) is 25.0. The molecule has 0 atom stereocenters. The third-order valence-corrected chi connectivity index (χ3v) is 7.48. The highest BCUT2D eigenvalue weighted by molar-refractivity contribution is 7.09. The van der Waals surface area contributed by atoms with Gasteiger partial charge in [-0.1, -0.05) is 36.4 Å². The monoisotopic (exact) mass is 511 g/mol. The van der Waals surface area contributed by atoms with Crippen LogP contribution in [0, 0.1) is 0 Å². The number of anilines is 1. The van der Waals surface area contributed by atoms with Crippen molar-refractivity contribution < 1.29 is 13.2 Å². The highest BCUT2D eigenvalue weighted by atomic mass is 32.1. The fraction of sp³-hybridized carbons (Fsp3) is 0.333. The molecule has 0 bridgehead atoms. The summed E-state index contributed by atoms with van der Waals surface area (Å²) in [7, 11) is 0. The van der Waals surface area contributed by atoms with Crippen molar-refractivity contribution in [2.45, 2.75) is 12.6 Å². The van der Waals surface area contributed by atoms with E-state index >= 15 is 0 Å². The molecule has 36 heavy (non-hydrogen) atoms. The molecule has 0 spiro atoms. The number of halogens is 3. The summed E-state index contributed by atoms with van der Waals surface area (Å²) < 4.78 is 40.2. The zero-order valence-corrected chi connectivity index (χ0v) is 20.7. The van der Waals surface area contributed by atoms with Crippen molar-refractivity contribution in [2.24, 2.45) is 0 Å². The molecule has 188 valence electrons. The number of benzene rings is 1. The Bertz CT molecular complexity index is 1270. The van der Waals surface area contributed by atoms with Crippen LogP contribution in [0.4, 0.5) is 19.0 Å². The molecule has 0 amide bonds. The van der Waals surface area contributed by atoms with Crippen LogP contribution in [0.5, 0.6) is 0 Å². The van der Waals surface area contributed by atoms with Crippen LogP contribution in [0.1, 0.15) is 10.6 Å². The van der Waals surface area contributed by atoms with Gasteiger partial charge < -0.3 is 10.2 Å². The fourth-order valence-electron chi connectivity index (χ4n) is 4.54. The van der Waals surface area contributed by atoms with E-state index < -0.39 is 11.9 Å². The number of hydrogen-bond donors (Lipinski definition) is 1. The number of fused-ring (bicyclic) bond motifs is 1. The van der Waals surface area contributed by atoms with Gasteiger partial charge in [0.1, 0.15) is 11.5 Å². The maximum atomic E-state index is 13.4. The maximum absolute atomic E-state index is 13.4. The standard InChI is InChI=1S/C27H28F3N5S/c28-27(29,30)24-9-8-22-25(33-24)23(20-5-2-1-3-6-20)19-32-26(22)31-11-13-35-16-14-34(15-17-35)12-10-21-7-4-18-36-21/h1-9,18-19H,10-17H2,(H,31,32). The quantitative estimate of drug-likeness (QED) is 0.331. The molecule has 1 aliphatic heterocycles. The topological polar surface area (TPSA) is 44.3 Å². The molecule has 1 N–H and O–H groups in total. The van der Waals surface area contributed by atoms with Crippen LogP contribution in [0.15, 0.2) is 66.2 Å². The zero-order valence-electron chi connectivity index (χ0n) is 19.8. The molecular weight excluding hydrogens is 483 g/mol. The lowest BCUT2D eigenvalue weighted by atomic mass is 10.0. The lowest BCUT2D eigenvalue weighted by Crippen LogP contribution is -2.48. The molecular formula is C27H28F3N5S. The Morgan fingerprint density at radius 2 is 1.64 bits per heavy atom. The lowest BCUT2D eigenvalue weighted by Gasteiger charge is -2.34. The summed E-state index contributed by atoms with van der Waals surface area (Å²) >= 11 is 1.81. The van der Waals surface area contributed by atoms with E-state index in [1.54, 1.807) is 6.20 Å².